The lowest BCUT2D eigenvalue weighted by Crippen LogP contribution is -2.11. The number of hydrogen-bond donors (Lipinski definition) is 1. The van der Waals surface area contributed by atoms with Gasteiger partial charge >= 0.3 is 0 Å². The molecule has 8 heteroatoms. The zero-order valence-electron chi connectivity index (χ0n) is 13.6. The molecule has 3 aromatic rings. The lowest BCUT2D eigenvalue weighted by atomic mass is 10.2. The number of nitrogens with zero attached hydrogens (tertiary/aromatic N) is 3. The normalized spacial score (nSPS) is 16.9. The van der Waals surface area contributed by atoms with Gasteiger partial charge in [-0.05, 0) is 19.8 Å². The van der Waals surface area contributed by atoms with Crippen LogP contribution in [0.3, 0.4) is 0 Å². The Labute approximate surface area is 152 Å². The standard InChI is InChI=1S/C17H16N4O2S2/c1-10-13(24-15(18-10)11-6-3-2-4-7-11)14(22)19-17-21-20-16(25-17)12-8-5-9-23-12/h2-4,6-7,12H,5,8-9H2,1H3,(H,19,21,22)/t12-/m1/s1. The van der Waals surface area contributed by atoms with Crippen LogP contribution in [0.2, 0.25) is 0 Å². The fraction of sp³-hybridized carbons (Fsp3) is 0.294. The van der Waals surface area contributed by atoms with E-state index in [4.69, 9.17) is 4.74 Å². The fourth-order valence-electron chi connectivity index (χ4n) is 2.65. The first-order chi connectivity index (χ1) is 12.2. The molecule has 1 saturated heterocycles. The van der Waals surface area contributed by atoms with E-state index in [0.717, 1.165) is 35.0 Å². The van der Waals surface area contributed by atoms with Crippen molar-refractivity contribution in [2.75, 3.05) is 11.9 Å². The Hall–Kier alpha value is -2.16. The van der Waals surface area contributed by atoms with Gasteiger partial charge in [0.15, 0.2) is 0 Å². The molecule has 0 spiro atoms. The summed E-state index contributed by atoms with van der Waals surface area (Å²) in [6.45, 7) is 2.60. The van der Waals surface area contributed by atoms with Crippen LogP contribution in [0, 0.1) is 6.92 Å². The van der Waals surface area contributed by atoms with E-state index in [-0.39, 0.29) is 12.0 Å². The van der Waals surface area contributed by atoms with Crippen molar-refractivity contribution in [3.05, 3.63) is 45.9 Å². The largest absolute Gasteiger partial charge is 0.371 e. The van der Waals surface area contributed by atoms with Crippen molar-refractivity contribution in [2.24, 2.45) is 0 Å². The van der Waals surface area contributed by atoms with E-state index in [1.165, 1.54) is 22.7 Å². The van der Waals surface area contributed by atoms with E-state index in [1.54, 1.807) is 0 Å². The minimum Gasteiger partial charge on any atom is -0.371 e. The Bertz CT molecular complexity index is 885. The number of hydrogen-bond acceptors (Lipinski definition) is 7. The van der Waals surface area contributed by atoms with Crippen molar-refractivity contribution in [1.82, 2.24) is 15.2 Å². The van der Waals surface area contributed by atoms with Gasteiger partial charge in [-0.3, -0.25) is 10.1 Å². The van der Waals surface area contributed by atoms with Crippen LogP contribution in [-0.2, 0) is 4.74 Å². The highest BCUT2D eigenvalue weighted by molar-refractivity contribution is 7.17. The van der Waals surface area contributed by atoms with Gasteiger partial charge in [0.05, 0.1) is 5.69 Å². The van der Waals surface area contributed by atoms with Crippen LogP contribution < -0.4 is 5.32 Å². The minimum absolute atomic E-state index is 0.0120. The molecule has 128 valence electrons. The van der Waals surface area contributed by atoms with Crippen molar-refractivity contribution in [1.29, 1.82) is 0 Å². The summed E-state index contributed by atoms with van der Waals surface area (Å²) in [6.07, 6.45) is 2.00. The van der Waals surface area contributed by atoms with Crippen molar-refractivity contribution >= 4 is 33.7 Å². The number of carbonyl (C=O) groups excluding carboxylic acids is 1. The maximum absolute atomic E-state index is 12.6. The predicted octanol–water partition coefficient (Wildman–Crippen LogP) is 4.07. The molecule has 1 aliphatic heterocycles. The molecular formula is C17H16N4O2S2. The number of nitrogens with one attached hydrogen (secondary N) is 1. The summed E-state index contributed by atoms with van der Waals surface area (Å²) >= 11 is 2.75. The number of benzene rings is 1. The van der Waals surface area contributed by atoms with Crippen molar-refractivity contribution < 1.29 is 9.53 Å². The van der Waals surface area contributed by atoms with Gasteiger partial charge in [-0.15, -0.1) is 21.5 Å². The molecule has 0 saturated carbocycles. The van der Waals surface area contributed by atoms with Crippen LogP contribution in [0.25, 0.3) is 10.6 Å². The summed E-state index contributed by atoms with van der Waals surface area (Å²) in [5.41, 5.74) is 1.72. The highest BCUT2D eigenvalue weighted by Crippen LogP contribution is 2.33. The van der Waals surface area contributed by atoms with Crippen LogP contribution >= 0.6 is 22.7 Å². The lowest BCUT2D eigenvalue weighted by Gasteiger charge is -2.02. The van der Waals surface area contributed by atoms with E-state index in [9.17, 15) is 4.79 Å². The maximum atomic E-state index is 12.6. The van der Waals surface area contributed by atoms with Crippen molar-refractivity contribution in [3.8, 4) is 10.6 Å². The van der Waals surface area contributed by atoms with Gasteiger partial charge in [0.2, 0.25) is 5.13 Å². The van der Waals surface area contributed by atoms with Crippen molar-refractivity contribution in [2.45, 2.75) is 25.9 Å². The Morgan fingerprint density at radius 1 is 1.24 bits per heavy atom. The number of aromatic nitrogens is 3. The Kier molecular flexibility index (Phi) is 4.56. The Morgan fingerprint density at radius 2 is 2.08 bits per heavy atom. The Balaban J connectivity index is 1.51. The van der Waals surface area contributed by atoms with Gasteiger partial charge in [0.25, 0.3) is 5.91 Å². The average Bonchev–Trinajstić information content (AvgIpc) is 3.35. The van der Waals surface area contributed by atoms with Gasteiger partial charge in [-0.25, -0.2) is 4.98 Å². The second kappa shape index (κ2) is 6.99. The predicted molar refractivity (Wildman–Crippen MR) is 98.1 cm³/mol. The number of anilines is 1. The molecule has 1 aliphatic rings. The summed E-state index contributed by atoms with van der Waals surface area (Å²) in [4.78, 5) is 17.7. The molecule has 6 nitrogen and oxygen atoms in total. The summed E-state index contributed by atoms with van der Waals surface area (Å²) < 4.78 is 5.60. The molecule has 3 heterocycles. The van der Waals surface area contributed by atoms with Crippen LogP contribution in [0.1, 0.15) is 39.3 Å². The highest BCUT2D eigenvalue weighted by atomic mass is 32.1. The zero-order valence-corrected chi connectivity index (χ0v) is 15.2. The third kappa shape index (κ3) is 3.46. The molecule has 1 aromatic carbocycles. The molecule has 1 atom stereocenters. The average molecular weight is 372 g/mol. The van der Waals surface area contributed by atoms with E-state index in [1.807, 2.05) is 37.3 Å². The zero-order chi connectivity index (χ0) is 17.2. The smallest absolute Gasteiger partial charge is 0.269 e. The van der Waals surface area contributed by atoms with E-state index in [0.29, 0.717) is 15.7 Å². The molecule has 0 unspecified atom stereocenters. The maximum Gasteiger partial charge on any atom is 0.269 e. The first-order valence-corrected chi connectivity index (χ1v) is 9.63. The van der Waals surface area contributed by atoms with Crippen molar-refractivity contribution in [3.63, 3.8) is 0 Å². The number of ether oxygens (including phenoxy) is 1. The highest BCUT2D eigenvalue weighted by Gasteiger charge is 2.23. The number of aryl methyl sites for hydroxylation is 1. The number of carbonyl (C=O) groups is 1. The topological polar surface area (TPSA) is 77.0 Å². The third-order valence-electron chi connectivity index (χ3n) is 3.89. The van der Waals surface area contributed by atoms with Gasteiger partial charge < -0.3 is 4.74 Å². The van der Waals surface area contributed by atoms with Crippen LogP contribution in [0.4, 0.5) is 5.13 Å². The van der Waals surface area contributed by atoms with Crippen LogP contribution in [0.15, 0.2) is 30.3 Å². The van der Waals surface area contributed by atoms with Crippen LogP contribution in [0.5, 0.6) is 0 Å². The molecule has 25 heavy (non-hydrogen) atoms. The van der Waals surface area contributed by atoms with Crippen LogP contribution in [-0.4, -0.2) is 27.7 Å². The number of thiazole rings is 1. The van der Waals surface area contributed by atoms with Gasteiger partial charge in [-0.1, -0.05) is 41.7 Å². The molecule has 2 aromatic heterocycles. The summed E-state index contributed by atoms with van der Waals surface area (Å²) in [7, 11) is 0. The SMILES string of the molecule is Cc1nc(-c2ccccc2)sc1C(=O)Nc1nnc([C@H]2CCCO2)s1. The van der Waals surface area contributed by atoms with Gasteiger partial charge in [0, 0.05) is 12.2 Å². The molecule has 0 radical (unpaired) electrons. The second-order valence-corrected chi connectivity index (χ2v) is 7.71. The molecule has 0 aliphatic carbocycles. The quantitative estimate of drug-likeness (QED) is 0.747. The lowest BCUT2D eigenvalue weighted by molar-refractivity contribution is 0.102. The first-order valence-electron chi connectivity index (χ1n) is 8.00. The number of rotatable bonds is 4. The van der Waals surface area contributed by atoms with Gasteiger partial charge in [0.1, 0.15) is 21.0 Å². The molecule has 4 rings (SSSR count). The van der Waals surface area contributed by atoms with E-state index >= 15 is 0 Å². The Morgan fingerprint density at radius 3 is 2.84 bits per heavy atom. The molecule has 1 fully saturated rings. The summed E-state index contributed by atoms with van der Waals surface area (Å²) in [6, 6.07) is 9.84. The monoisotopic (exact) mass is 372 g/mol. The summed E-state index contributed by atoms with van der Waals surface area (Å²) in [5, 5.41) is 13.2. The number of amides is 1. The summed E-state index contributed by atoms with van der Waals surface area (Å²) in [5.74, 6) is -0.202. The third-order valence-corrected chi connectivity index (χ3v) is 6.03. The second-order valence-electron chi connectivity index (χ2n) is 5.70. The van der Waals surface area contributed by atoms with E-state index < -0.39 is 0 Å². The van der Waals surface area contributed by atoms with Gasteiger partial charge in [-0.2, -0.15) is 0 Å². The minimum atomic E-state index is -0.202. The molecule has 0 bridgehead atoms. The molecular weight excluding hydrogens is 356 g/mol. The fourth-order valence-corrected chi connectivity index (χ4v) is 4.44. The molecule has 1 amide bonds. The van der Waals surface area contributed by atoms with E-state index in [2.05, 4.69) is 20.5 Å². The molecule has 1 N–H and O–H groups in total. The first kappa shape index (κ1) is 16.3.